The molecule has 17 heavy (non-hydrogen) atoms. The van der Waals surface area contributed by atoms with Gasteiger partial charge in [-0.25, -0.2) is 0 Å². The van der Waals surface area contributed by atoms with Crippen LogP contribution in [0.3, 0.4) is 0 Å². The van der Waals surface area contributed by atoms with Gasteiger partial charge in [0.1, 0.15) is 18.9 Å². The van der Waals surface area contributed by atoms with E-state index in [1.807, 2.05) is 13.8 Å². The van der Waals surface area contributed by atoms with E-state index >= 15 is 0 Å². The van der Waals surface area contributed by atoms with Crippen LogP contribution >= 0.6 is 11.7 Å². The zero-order valence-corrected chi connectivity index (χ0v) is 10.9. The molecule has 6 nitrogen and oxygen atoms in total. The lowest BCUT2D eigenvalue weighted by atomic mass is 9.95. The van der Waals surface area contributed by atoms with Crippen LogP contribution in [-0.4, -0.2) is 51.4 Å². The molecule has 98 valence electrons. The van der Waals surface area contributed by atoms with Gasteiger partial charge >= 0.3 is 0 Å². The van der Waals surface area contributed by atoms with Crippen molar-refractivity contribution in [3.8, 4) is 5.88 Å². The molecule has 0 amide bonds. The summed E-state index contributed by atoms with van der Waals surface area (Å²) in [6.07, 6.45) is 0.908. The second kappa shape index (κ2) is 6.85. The molecular weight excluding hydrogens is 242 g/mol. The van der Waals surface area contributed by atoms with Crippen molar-refractivity contribution < 1.29 is 14.9 Å². The van der Waals surface area contributed by atoms with Gasteiger partial charge in [-0.3, -0.25) is 0 Å². The van der Waals surface area contributed by atoms with Gasteiger partial charge in [0, 0.05) is 25.1 Å². The molecule has 0 aliphatic rings. The van der Waals surface area contributed by atoms with Crippen LogP contribution in [0.2, 0.25) is 0 Å². The molecule has 0 aromatic carbocycles. The van der Waals surface area contributed by atoms with Crippen LogP contribution < -0.4 is 10.1 Å². The van der Waals surface area contributed by atoms with E-state index in [4.69, 9.17) is 9.84 Å². The molecule has 1 aromatic rings. The fourth-order valence-corrected chi connectivity index (χ4v) is 1.46. The van der Waals surface area contributed by atoms with Gasteiger partial charge in [-0.05, 0) is 0 Å². The average molecular weight is 261 g/mol. The average Bonchev–Trinajstić information content (AvgIpc) is 2.79. The molecule has 1 rings (SSSR count). The molecule has 0 aliphatic carbocycles. The summed E-state index contributed by atoms with van der Waals surface area (Å²) in [5.74, 6) is 0.435. The minimum Gasteiger partial charge on any atom is -0.473 e. The maximum Gasteiger partial charge on any atom is 0.245 e. The lowest BCUT2D eigenvalue weighted by Crippen LogP contribution is -2.38. The van der Waals surface area contributed by atoms with Crippen LogP contribution in [0.1, 0.15) is 13.8 Å². The summed E-state index contributed by atoms with van der Waals surface area (Å²) in [4.78, 5) is 0. The van der Waals surface area contributed by atoms with Gasteiger partial charge in [0.25, 0.3) is 0 Å². The summed E-state index contributed by atoms with van der Waals surface area (Å²) in [6, 6.07) is 0. The quantitative estimate of drug-likeness (QED) is 0.605. The summed E-state index contributed by atoms with van der Waals surface area (Å²) in [5, 5.41) is 21.8. The molecular formula is C10H19N3O3S. The third-order valence-corrected chi connectivity index (χ3v) is 2.64. The second-order valence-corrected chi connectivity index (χ2v) is 5.22. The molecule has 7 heteroatoms. The minimum atomic E-state index is -0.605. The Kier molecular flexibility index (Phi) is 5.76. The number of aliphatic hydroxyl groups is 2. The van der Waals surface area contributed by atoms with Gasteiger partial charge in [-0.2, -0.15) is 4.37 Å². The van der Waals surface area contributed by atoms with E-state index in [0.29, 0.717) is 19.0 Å². The van der Waals surface area contributed by atoms with Crippen LogP contribution in [0, 0.1) is 5.41 Å². The number of rotatable bonds is 8. The zero-order valence-electron chi connectivity index (χ0n) is 10.1. The monoisotopic (exact) mass is 261 g/mol. The Balaban J connectivity index is 2.11. The third-order valence-electron chi connectivity index (χ3n) is 2.18. The normalized spacial score (nSPS) is 13.6. The number of hydrogen-bond acceptors (Lipinski definition) is 7. The van der Waals surface area contributed by atoms with Gasteiger partial charge in [0.05, 0.1) is 11.7 Å². The van der Waals surface area contributed by atoms with Crippen LogP contribution in [0.4, 0.5) is 0 Å². The van der Waals surface area contributed by atoms with E-state index in [0.717, 1.165) is 11.7 Å². The van der Waals surface area contributed by atoms with Crippen LogP contribution in [0.5, 0.6) is 5.88 Å². The summed E-state index contributed by atoms with van der Waals surface area (Å²) in [6.45, 7) is 5.24. The molecule has 0 spiro atoms. The highest BCUT2D eigenvalue weighted by Gasteiger charge is 2.16. The zero-order chi connectivity index (χ0) is 12.7. The topological polar surface area (TPSA) is 87.5 Å². The molecule has 1 aromatic heterocycles. The van der Waals surface area contributed by atoms with E-state index in [9.17, 15) is 5.11 Å². The Labute approximate surface area is 105 Å². The maximum atomic E-state index is 9.62. The third kappa shape index (κ3) is 5.92. The smallest absolute Gasteiger partial charge is 0.245 e. The Morgan fingerprint density at radius 2 is 2.35 bits per heavy atom. The summed E-state index contributed by atoms with van der Waals surface area (Å²) >= 11 is 1.07. The number of aliphatic hydroxyl groups excluding tert-OH is 2. The van der Waals surface area contributed by atoms with E-state index in [1.54, 1.807) is 0 Å². The van der Waals surface area contributed by atoms with Crippen molar-refractivity contribution in [3.63, 3.8) is 0 Å². The Morgan fingerprint density at radius 1 is 1.59 bits per heavy atom. The second-order valence-electron chi connectivity index (χ2n) is 4.66. The minimum absolute atomic E-state index is 0.108. The molecule has 0 saturated heterocycles. The van der Waals surface area contributed by atoms with Gasteiger partial charge in [0.15, 0.2) is 0 Å². The molecule has 0 fully saturated rings. The van der Waals surface area contributed by atoms with Gasteiger partial charge < -0.3 is 20.3 Å². The first-order valence-electron chi connectivity index (χ1n) is 5.43. The molecule has 0 saturated carbocycles. The molecule has 0 bridgehead atoms. The SMILES string of the molecule is CC(C)(CO)CNCC(O)COc1cnsn1. The molecule has 1 unspecified atom stereocenters. The summed E-state index contributed by atoms with van der Waals surface area (Å²) < 4.78 is 12.9. The first kappa shape index (κ1) is 14.3. The fraction of sp³-hybridized carbons (Fsp3) is 0.800. The number of nitrogens with one attached hydrogen (secondary N) is 1. The fourth-order valence-electron chi connectivity index (χ4n) is 1.09. The number of nitrogens with zero attached hydrogens (tertiary/aromatic N) is 2. The van der Waals surface area contributed by atoms with Crippen LogP contribution in [0.25, 0.3) is 0 Å². The summed E-state index contributed by atoms with van der Waals surface area (Å²) in [5.41, 5.74) is -0.181. The van der Waals surface area contributed by atoms with Crippen molar-refractivity contribution in [2.45, 2.75) is 20.0 Å². The standard InChI is InChI=1S/C10H19N3O3S/c1-10(2,7-14)6-11-3-8(15)5-16-9-4-12-17-13-9/h4,8,11,14-15H,3,5-7H2,1-2H3. The van der Waals surface area contributed by atoms with Crippen molar-refractivity contribution >= 4 is 11.7 Å². The van der Waals surface area contributed by atoms with Crippen molar-refractivity contribution in [1.82, 2.24) is 14.1 Å². The predicted octanol–water partition coefficient (Wildman–Crippen LogP) is -0.114. The van der Waals surface area contributed by atoms with Gasteiger partial charge in [-0.1, -0.05) is 13.8 Å². The van der Waals surface area contributed by atoms with Crippen molar-refractivity contribution in [3.05, 3.63) is 6.20 Å². The highest BCUT2D eigenvalue weighted by atomic mass is 32.1. The Hall–Kier alpha value is -0.760. The molecule has 1 atom stereocenters. The van der Waals surface area contributed by atoms with E-state index in [2.05, 4.69) is 14.1 Å². The van der Waals surface area contributed by atoms with E-state index < -0.39 is 6.10 Å². The predicted molar refractivity (Wildman–Crippen MR) is 65.1 cm³/mol. The van der Waals surface area contributed by atoms with Crippen LogP contribution in [0.15, 0.2) is 6.20 Å². The van der Waals surface area contributed by atoms with E-state index in [-0.39, 0.29) is 18.6 Å². The largest absolute Gasteiger partial charge is 0.473 e. The van der Waals surface area contributed by atoms with Gasteiger partial charge in [-0.15, -0.1) is 4.37 Å². The number of aromatic nitrogens is 2. The number of ether oxygens (including phenoxy) is 1. The highest BCUT2D eigenvalue weighted by molar-refractivity contribution is 6.99. The highest BCUT2D eigenvalue weighted by Crippen LogP contribution is 2.11. The Morgan fingerprint density at radius 3 is 2.94 bits per heavy atom. The number of hydrogen-bond donors (Lipinski definition) is 3. The lowest BCUT2D eigenvalue weighted by Gasteiger charge is -2.22. The first-order chi connectivity index (χ1) is 8.03. The van der Waals surface area contributed by atoms with Crippen molar-refractivity contribution in [2.75, 3.05) is 26.3 Å². The maximum absolute atomic E-state index is 9.62. The Bertz CT molecular complexity index is 306. The first-order valence-corrected chi connectivity index (χ1v) is 6.16. The molecule has 3 N–H and O–H groups in total. The van der Waals surface area contributed by atoms with E-state index in [1.165, 1.54) is 6.20 Å². The molecule has 0 radical (unpaired) electrons. The molecule has 0 aliphatic heterocycles. The van der Waals surface area contributed by atoms with Crippen LogP contribution in [-0.2, 0) is 0 Å². The van der Waals surface area contributed by atoms with Crippen molar-refractivity contribution in [1.29, 1.82) is 0 Å². The lowest BCUT2D eigenvalue weighted by molar-refractivity contribution is 0.0964. The van der Waals surface area contributed by atoms with Gasteiger partial charge in [0.2, 0.25) is 5.88 Å². The molecule has 1 heterocycles. The summed E-state index contributed by atoms with van der Waals surface area (Å²) in [7, 11) is 0. The van der Waals surface area contributed by atoms with Crippen molar-refractivity contribution in [2.24, 2.45) is 5.41 Å².